The summed E-state index contributed by atoms with van der Waals surface area (Å²) in [5, 5.41) is 0. The molecule has 17 heavy (non-hydrogen) atoms. The zero-order valence-electron chi connectivity index (χ0n) is 9.31. The molecule has 0 amide bonds. The van der Waals surface area contributed by atoms with Crippen molar-refractivity contribution < 1.29 is 13.3 Å². The maximum absolute atomic E-state index is 12.3. The van der Waals surface area contributed by atoms with Crippen LogP contribution in [0.3, 0.4) is 0 Å². The van der Waals surface area contributed by atoms with Crippen molar-refractivity contribution in [2.24, 2.45) is 0 Å². The van der Waals surface area contributed by atoms with E-state index in [0.717, 1.165) is 4.47 Å². The van der Waals surface area contributed by atoms with E-state index in [2.05, 4.69) is 15.9 Å². The Morgan fingerprint density at radius 3 is 2.76 bits per heavy atom. The van der Waals surface area contributed by atoms with Crippen molar-refractivity contribution in [2.45, 2.75) is 18.2 Å². The van der Waals surface area contributed by atoms with Crippen LogP contribution in [0.15, 0.2) is 21.5 Å². The normalized spacial score (nSPS) is 17.5. The Labute approximate surface area is 109 Å². The van der Waals surface area contributed by atoms with Gasteiger partial charge in [0.15, 0.2) is 0 Å². The molecule has 1 aromatic rings. The van der Waals surface area contributed by atoms with E-state index >= 15 is 0 Å². The molecule has 0 bridgehead atoms. The molecule has 2 rings (SSSR count). The first kappa shape index (κ1) is 12.8. The van der Waals surface area contributed by atoms with Crippen LogP contribution in [0, 0.1) is 6.92 Å². The minimum absolute atomic E-state index is 0.186. The summed E-state index contributed by atoms with van der Waals surface area (Å²) in [6.45, 7) is 2.50. The molecule has 5 nitrogen and oxygen atoms in total. The molecule has 0 saturated carbocycles. The molecule has 2 N–H and O–H groups in total. The van der Waals surface area contributed by atoms with E-state index < -0.39 is 10.0 Å². The van der Waals surface area contributed by atoms with Gasteiger partial charge in [0.1, 0.15) is 0 Å². The van der Waals surface area contributed by atoms with Crippen LogP contribution in [0.4, 0.5) is 5.69 Å². The second-order valence-electron chi connectivity index (χ2n) is 3.84. The van der Waals surface area contributed by atoms with Crippen molar-refractivity contribution in [1.82, 2.24) is 4.47 Å². The lowest BCUT2D eigenvalue weighted by Crippen LogP contribution is -2.27. The average molecular weight is 321 g/mol. The smallest absolute Gasteiger partial charge is 0.265 e. The fourth-order valence-corrected chi connectivity index (χ4v) is 3.88. The number of nitrogens with zero attached hydrogens (tertiary/aromatic N) is 1. The van der Waals surface area contributed by atoms with Gasteiger partial charge in [0.2, 0.25) is 0 Å². The van der Waals surface area contributed by atoms with Crippen LogP contribution in [0.1, 0.15) is 12.0 Å². The average Bonchev–Trinajstić information content (AvgIpc) is 2.76. The first-order valence-electron chi connectivity index (χ1n) is 5.14. The third-order valence-electron chi connectivity index (χ3n) is 2.63. The standard InChI is InChI=1S/C10H13BrN2O3S/c1-7-9(12)5-8(11)6-10(7)17(14,15)13-3-2-4-16-13/h5-6H,2-4,12H2,1H3. The topological polar surface area (TPSA) is 72.6 Å². The molecule has 0 aliphatic carbocycles. The number of halogens is 1. The molecule has 0 unspecified atom stereocenters. The van der Waals surface area contributed by atoms with E-state index in [1.165, 1.54) is 0 Å². The molecular weight excluding hydrogens is 308 g/mol. The molecule has 7 heteroatoms. The van der Waals surface area contributed by atoms with Gasteiger partial charge in [-0.25, -0.2) is 8.42 Å². The lowest BCUT2D eigenvalue weighted by atomic mass is 10.2. The molecule has 1 heterocycles. The molecule has 1 saturated heterocycles. The van der Waals surface area contributed by atoms with E-state index in [9.17, 15) is 8.42 Å². The second-order valence-corrected chi connectivity index (χ2v) is 6.55. The Balaban J connectivity index is 2.52. The first-order chi connectivity index (χ1) is 7.93. The van der Waals surface area contributed by atoms with Crippen LogP contribution in [0.5, 0.6) is 0 Å². The molecule has 0 spiro atoms. The highest BCUT2D eigenvalue weighted by Crippen LogP contribution is 2.29. The lowest BCUT2D eigenvalue weighted by molar-refractivity contribution is -0.0284. The minimum atomic E-state index is -3.61. The number of hydrogen-bond acceptors (Lipinski definition) is 4. The molecule has 1 aliphatic heterocycles. The maximum Gasteiger partial charge on any atom is 0.265 e. The van der Waals surface area contributed by atoms with Gasteiger partial charge in [0, 0.05) is 16.7 Å². The van der Waals surface area contributed by atoms with Crippen molar-refractivity contribution in [3.63, 3.8) is 0 Å². The maximum atomic E-state index is 12.3. The lowest BCUT2D eigenvalue weighted by Gasteiger charge is -2.17. The fourth-order valence-electron chi connectivity index (χ4n) is 1.67. The monoisotopic (exact) mass is 320 g/mol. The molecule has 1 fully saturated rings. The van der Waals surface area contributed by atoms with Crippen LogP contribution in [-0.2, 0) is 14.9 Å². The van der Waals surface area contributed by atoms with Crippen molar-refractivity contribution in [1.29, 1.82) is 0 Å². The highest BCUT2D eigenvalue weighted by atomic mass is 79.9. The van der Waals surface area contributed by atoms with E-state index in [1.54, 1.807) is 19.1 Å². The van der Waals surface area contributed by atoms with E-state index in [0.29, 0.717) is 35.3 Å². The minimum Gasteiger partial charge on any atom is -0.398 e. The summed E-state index contributed by atoms with van der Waals surface area (Å²) >= 11 is 3.24. The van der Waals surface area contributed by atoms with Gasteiger partial charge in [-0.1, -0.05) is 20.4 Å². The van der Waals surface area contributed by atoms with E-state index in [4.69, 9.17) is 10.6 Å². The van der Waals surface area contributed by atoms with Gasteiger partial charge in [-0.3, -0.25) is 4.84 Å². The van der Waals surface area contributed by atoms with Gasteiger partial charge in [-0.15, -0.1) is 0 Å². The number of nitrogens with two attached hydrogens (primary N) is 1. The van der Waals surface area contributed by atoms with Crippen LogP contribution < -0.4 is 5.73 Å². The van der Waals surface area contributed by atoms with Gasteiger partial charge in [-0.2, -0.15) is 0 Å². The van der Waals surface area contributed by atoms with Gasteiger partial charge in [-0.05, 0) is 31.0 Å². The van der Waals surface area contributed by atoms with E-state index in [1.807, 2.05) is 0 Å². The number of benzene rings is 1. The largest absolute Gasteiger partial charge is 0.398 e. The molecule has 94 valence electrons. The first-order valence-corrected chi connectivity index (χ1v) is 7.37. The van der Waals surface area contributed by atoms with Crippen molar-refractivity contribution in [3.8, 4) is 0 Å². The Hall–Kier alpha value is -0.630. The van der Waals surface area contributed by atoms with Gasteiger partial charge >= 0.3 is 0 Å². The Kier molecular flexibility index (Phi) is 3.44. The highest BCUT2D eigenvalue weighted by Gasteiger charge is 2.30. The Morgan fingerprint density at radius 1 is 1.47 bits per heavy atom. The zero-order valence-corrected chi connectivity index (χ0v) is 11.7. The molecule has 0 radical (unpaired) electrons. The summed E-state index contributed by atoms with van der Waals surface area (Å²) in [4.78, 5) is 5.28. The Morgan fingerprint density at radius 2 is 2.18 bits per heavy atom. The van der Waals surface area contributed by atoms with Crippen LogP contribution in [-0.4, -0.2) is 26.0 Å². The predicted molar refractivity (Wildman–Crippen MR) is 67.8 cm³/mol. The predicted octanol–water partition coefficient (Wildman–Crippen LogP) is 1.67. The van der Waals surface area contributed by atoms with Crippen LogP contribution >= 0.6 is 15.9 Å². The zero-order chi connectivity index (χ0) is 12.6. The Bertz CT molecular complexity index is 539. The number of rotatable bonds is 2. The summed E-state index contributed by atoms with van der Waals surface area (Å²) in [5.41, 5.74) is 6.75. The van der Waals surface area contributed by atoms with Crippen molar-refractivity contribution >= 4 is 31.6 Å². The van der Waals surface area contributed by atoms with Crippen molar-refractivity contribution in [2.75, 3.05) is 18.9 Å². The third kappa shape index (κ3) is 2.33. The number of nitrogen functional groups attached to an aromatic ring is 1. The molecule has 0 aromatic heterocycles. The molecule has 0 atom stereocenters. The second kappa shape index (κ2) is 4.56. The highest BCUT2D eigenvalue weighted by molar-refractivity contribution is 9.10. The van der Waals surface area contributed by atoms with Crippen molar-refractivity contribution in [3.05, 3.63) is 22.2 Å². The molecule has 1 aromatic carbocycles. The number of anilines is 1. The van der Waals surface area contributed by atoms with E-state index in [-0.39, 0.29) is 4.90 Å². The summed E-state index contributed by atoms with van der Waals surface area (Å²) < 4.78 is 26.2. The number of sulfonamides is 1. The SMILES string of the molecule is Cc1c(N)cc(Br)cc1S(=O)(=O)N1CCCO1. The number of hydrogen-bond donors (Lipinski definition) is 1. The quantitative estimate of drug-likeness (QED) is 0.841. The summed E-state index contributed by atoms with van der Waals surface area (Å²) in [7, 11) is -3.61. The number of hydroxylamine groups is 1. The van der Waals surface area contributed by atoms with Gasteiger partial charge in [0.05, 0.1) is 11.5 Å². The fraction of sp³-hybridized carbons (Fsp3) is 0.400. The summed E-state index contributed by atoms with van der Waals surface area (Å²) in [5.74, 6) is 0. The summed E-state index contributed by atoms with van der Waals surface area (Å²) in [6.07, 6.45) is 0.710. The van der Waals surface area contributed by atoms with Gasteiger partial charge < -0.3 is 5.73 Å². The van der Waals surface area contributed by atoms with Gasteiger partial charge in [0.25, 0.3) is 10.0 Å². The molecular formula is C10H13BrN2O3S. The molecule has 1 aliphatic rings. The van der Waals surface area contributed by atoms with Crippen LogP contribution in [0.2, 0.25) is 0 Å². The van der Waals surface area contributed by atoms with Crippen LogP contribution in [0.25, 0.3) is 0 Å². The third-order valence-corrected chi connectivity index (χ3v) is 4.89. The summed E-state index contributed by atoms with van der Waals surface area (Å²) in [6, 6.07) is 3.22.